The molecule has 1 aromatic rings. The van der Waals surface area contributed by atoms with E-state index in [0.717, 1.165) is 5.92 Å². The van der Waals surface area contributed by atoms with Crippen LogP contribution in [-0.4, -0.2) is 6.54 Å². The Balaban J connectivity index is 1.74. The van der Waals surface area contributed by atoms with Crippen LogP contribution in [0.3, 0.4) is 0 Å². The topological polar surface area (TPSA) is 12.0 Å². The van der Waals surface area contributed by atoms with Crippen molar-refractivity contribution < 1.29 is 0 Å². The third-order valence-corrected chi connectivity index (χ3v) is 4.78. The Morgan fingerprint density at radius 2 is 2.00 bits per heavy atom. The lowest BCUT2D eigenvalue weighted by Gasteiger charge is -2.40. The van der Waals surface area contributed by atoms with Crippen LogP contribution in [-0.2, 0) is 6.42 Å². The number of fused-ring (bicyclic) bond motifs is 1. The van der Waals surface area contributed by atoms with E-state index in [1.54, 1.807) is 11.1 Å². The highest BCUT2D eigenvalue weighted by Gasteiger charge is 2.35. The maximum atomic E-state index is 3.84. The van der Waals surface area contributed by atoms with Crippen LogP contribution in [0.1, 0.15) is 56.7 Å². The van der Waals surface area contributed by atoms with Gasteiger partial charge in [0.2, 0.25) is 0 Å². The van der Waals surface area contributed by atoms with Gasteiger partial charge in [-0.3, -0.25) is 0 Å². The van der Waals surface area contributed by atoms with E-state index in [2.05, 4.69) is 43.4 Å². The summed E-state index contributed by atoms with van der Waals surface area (Å²) in [6.45, 7) is 6.02. The van der Waals surface area contributed by atoms with Crippen molar-refractivity contribution in [3.63, 3.8) is 0 Å². The predicted octanol–water partition coefficient (Wildman–Crippen LogP) is 4.09. The zero-order chi connectivity index (χ0) is 12.6. The Labute approximate surface area is 111 Å². The van der Waals surface area contributed by atoms with Crippen molar-refractivity contribution >= 4 is 0 Å². The maximum absolute atomic E-state index is 3.84. The second kappa shape index (κ2) is 4.70. The molecule has 1 nitrogen and oxygen atoms in total. The molecule has 0 aliphatic heterocycles. The average molecular weight is 243 g/mol. The zero-order valence-electron chi connectivity index (χ0n) is 11.7. The van der Waals surface area contributed by atoms with Crippen molar-refractivity contribution in [2.45, 2.75) is 52.0 Å². The lowest BCUT2D eigenvalue weighted by molar-refractivity contribution is 0.208. The van der Waals surface area contributed by atoms with Gasteiger partial charge in [-0.1, -0.05) is 51.0 Å². The first-order chi connectivity index (χ1) is 8.67. The van der Waals surface area contributed by atoms with Crippen LogP contribution in [0.5, 0.6) is 0 Å². The van der Waals surface area contributed by atoms with Gasteiger partial charge in [0.05, 0.1) is 0 Å². The van der Waals surface area contributed by atoms with E-state index >= 15 is 0 Å². The molecule has 1 aromatic carbocycles. The highest BCUT2D eigenvalue weighted by Crippen LogP contribution is 2.43. The van der Waals surface area contributed by atoms with E-state index in [1.807, 2.05) is 0 Å². The fraction of sp³-hybridized carbons (Fsp3) is 0.647. The highest BCUT2D eigenvalue weighted by molar-refractivity contribution is 5.34. The summed E-state index contributed by atoms with van der Waals surface area (Å²) in [7, 11) is 0. The quantitative estimate of drug-likeness (QED) is 0.840. The number of rotatable bonds is 4. The zero-order valence-corrected chi connectivity index (χ0v) is 11.7. The first-order valence-corrected chi connectivity index (χ1v) is 7.48. The van der Waals surface area contributed by atoms with E-state index in [0.29, 0.717) is 11.5 Å². The molecule has 0 saturated heterocycles. The molecule has 2 aliphatic rings. The molecular weight excluding hydrogens is 218 g/mol. The molecule has 0 amide bonds. The van der Waals surface area contributed by atoms with Crippen molar-refractivity contribution in [2.24, 2.45) is 11.3 Å². The van der Waals surface area contributed by atoms with Crippen LogP contribution in [0.15, 0.2) is 24.3 Å². The van der Waals surface area contributed by atoms with Gasteiger partial charge in [-0.25, -0.2) is 0 Å². The molecule has 18 heavy (non-hydrogen) atoms. The molecule has 1 fully saturated rings. The van der Waals surface area contributed by atoms with Gasteiger partial charge in [-0.2, -0.15) is 0 Å². The Morgan fingerprint density at radius 3 is 2.78 bits per heavy atom. The standard InChI is InChI=1S/C17H25N/c1-17(2)11-9-14-5-3-4-6-15(14)16(17)18-12-10-13-7-8-13/h3-6,13,16,18H,7-12H2,1-2H3. The van der Waals surface area contributed by atoms with Gasteiger partial charge < -0.3 is 5.32 Å². The first kappa shape index (κ1) is 12.2. The van der Waals surface area contributed by atoms with Gasteiger partial charge in [-0.05, 0) is 48.3 Å². The predicted molar refractivity (Wildman–Crippen MR) is 76.6 cm³/mol. The van der Waals surface area contributed by atoms with E-state index in [9.17, 15) is 0 Å². The number of aryl methyl sites for hydroxylation is 1. The van der Waals surface area contributed by atoms with E-state index in [-0.39, 0.29) is 0 Å². The summed E-state index contributed by atoms with van der Waals surface area (Å²) >= 11 is 0. The molecule has 0 heterocycles. The summed E-state index contributed by atoms with van der Waals surface area (Å²) in [6, 6.07) is 9.54. The van der Waals surface area contributed by atoms with Gasteiger partial charge in [0.1, 0.15) is 0 Å². The number of hydrogen-bond acceptors (Lipinski definition) is 1. The number of benzene rings is 1. The molecule has 0 aromatic heterocycles. The van der Waals surface area contributed by atoms with Crippen LogP contribution in [0.25, 0.3) is 0 Å². The van der Waals surface area contributed by atoms with Crippen LogP contribution < -0.4 is 5.32 Å². The molecule has 1 heteroatoms. The van der Waals surface area contributed by atoms with Crippen molar-refractivity contribution in [3.8, 4) is 0 Å². The normalized spacial score (nSPS) is 25.8. The summed E-state index contributed by atoms with van der Waals surface area (Å²) < 4.78 is 0. The van der Waals surface area contributed by atoms with Crippen molar-refractivity contribution in [2.75, 3.05) is 6.54 Å². The number of nitrogens with one attached hydrogen (secondary N) is 1. The summed E-state index contributed by atoms with van der Waals surface area (Å²) in [6.07, 6.45) is 6.84. The Morgan fingerprint density at radius 1 is 1.22 bits per heavy atom. The molecule has 1 saturated carbocycles. The Kier molecular flexibility index (Phi) is 3.19. The second-order valence-corrected chi connectivity index (χ2v) is 6.81. The molecule has 0 spiro atoms. The lowest BCUT2D eigenvalue weighted by Crippen LogP contribution is -2.38. The van der Waals surface area contributed by atoms with Gasteiger partial charge in [0.15, 0.2) is 0 Å². The van der Waals surface area contributed by atoms with Crippen LogP contribution in [0.2, 0.25) is 0 Å². The minimum Gasteiger partial charge on any atom is -0.309 e. The average Bonchev–Trinajstić information content (AvgIpc) is 3.16. The molecular formula is C17H25N. The first-order valence-electron chi connectivity index (χ1n) is 7.48. The molecule has 3 rings (SSSR count). The summed E-state index contributed by atoms with van der Waals surface area (Å²) in [5.41, 5.74) is 3.49. The monoisotopic (exact) mass is 243 g/mol. The van der Waals surface area contributed by atoms with E-state index in [1.165, 1.54) is 38.6 Å². The van der Waals surface area contributed by atoms with Crippen molar-refractivity contribution in [1.29, 1.82) is 0 Å². The van der Waals surface area contributed by atoms with Gasteiger partial charge >= 0.3 is 0 Å². The summed E-state index contributed by atoms with van der Waals surface area (Å²) in [5, 5.41) is 3.84. The minimum atomic E-state index is 0.387. The smallest absolute Gasteiger partial charge is 0.0374 e. The Bertz CT molecular complexity index is 417. The fourth-order valence-electron chi connectivity index (χ4n) is 3.29. The van der Waals surface area contributed by atoms with Crippen molar-refractivity contribution in [1.82, 2.24) is 5.32 Å². The molecule has 0 radical (unpaired) electrons. The van der Waals surface area contributed by atoms with Crippen molar-refractivity contribution in [3.05, 3.63) is 35.4 Å². The summed E-state index contributed by atoms with van der Waals surface area (Å²) in [5.74, 6) is 1.03. The molecule has 0 bridgehead atoms. The molecule has 1 N–H and O–H groups in total. The van der Waals surface area contributed by atoms with Gasteiger partial charge in [0, 0.05) is 6.04 Å². The lowest BCUT2D eigenvalue weighted by atomic mass is 9.70. The van der Waals surface area contributed by atoms with Gasteiger partial charge in [-0.15, -0.1) is 0 Å². The molecule has 98 valence electrons. The van der Waals surface area contributed by atoms with E-state index in [4.69, 9.17) is 0 Å². The SMILES string of the molecule is CC1(C)CCc2ccccc2C1NCCC1CC1. The largest absolute Gasteiger partial charge is 0.309 e. The minimum absolute atomic E-state index is 0.387. The van der Waals surface area contributed by atoms with Crippen LogP contribution >= 0.6 is 0 Å². The summed E-state index contributed by atoms with van der Waals surface area (Å²) in [4.78, 5) is 0. The van der Waals surface area contributed by atoms with Gasteiger partial charge in [0.25, 0.3) is 0 Å². The van der Waals surface area contributed by atoms with Crippen LogP contribution in [0.4, 0.5) is 0 Å². The molecule has 2 aliphatic carbocycles. The fourth-order valence-corrected chi connectivity index (χ4v) is 3.29. The Hall–Kier alpha value is -0.820. The third-order valence-electron chi connectivity index (χ3n) is 4.78. The molecule has 1 unspecified atom stereocenters. The molecule has 1 atom stereocenters. The third kappa shape index (κ3) is 2.47. The highest BCUT2D eigenvalue weighted by atomic mass is 14.9. The second-order valence-electron chi connectivity index (χ2n) is 6.81. The van der Waals surface area contributed by atoms with E-state index < -0.39 is 0 Å². The van der Waals surface area contributed by atoms with Crippen LogP contribution in [0, 0.1) is 11.3 Å². The number of hydrogen-bond donors (Lipinski definition) is 1. The maximum Gasteiger partial charge on any atom is 0.0374 e.